The summed E-state index contributed by atoms with van der Waals surface area (Å²) in [7, 11) is 0. The van der Waals surface area contributed by atoms with Gasteiger partial charge < -0.3 is 208 Å². The van der Waals surface area contributed by atoms with E-state index in [0.717, 1.165) is 11.9 Å². The minimum atomic E-state index is -2.27. The third-order valence-corrected chi connectivity index (χ3v) is 33.3. The summed E-state index contributed by atoms with van der Waals surface area (Å²) in [6.07, 6.45) is -66.5. The van der Waals surface area contributed by atoms with Gasteiger partial charge >= 0.3 is 23.9 Å². The predicted octanol–water partition coefficient (Wildman–Crippen LogP) is -5.69. The van der Waals surface area contributed by atoms with Gasteiger partial charge in [-0.05, 0) is 123 Å². The van der Waals surface area contributed by atoms with Gasteiger partial charge in [0.1, 0.15) is 152 Å². The van der Waals surface area contributed by atoms with E-state index in [4.69, 9.17) is 85.3 Å². The average molecular weight is 1990 g/mol. The van der Waals surface area contributed by atoms with Crippen molar-refractivity contribution >= 4 is 30.2 Å². The molecule has 13 rings (SSSR count). The number of fused-ring (bicyclic) bond motifs is 7. The maximum absolute atomic E-state index is 16.4. The van der Waals surface area contributed by atoms with Crippen LogP contribution in [0.4, 0.5) is 0 Å². The van der Waals surface area contributed by atoms with E-state index in [0.29, 0.717) is 51.4 Å². The van der Waals surface area contributed by atoms with Crippen molar-refractivity contribution < 1.29 is 227 Å². The number of aliphatic carboxylic acids is 1. The Kier molecular flexibility index (Phi) is 35.5. The number of aldehydes is 1. The Morgan fingerprint density at radius 3 is 1.69 bits per heavy atom. The Morgan fingerprint density at radius 1 is 0.507 bits per heavy atom. The van der Waals surface area contributed by atoms with E-state index >= 15 is 4.79 Å². The quantitative estimate of drug-likeness (QED) is 0.00924. The summed E-state index contributed by atoms with van der Waals surface area (Å²) in [5, 5.41) is 256. The van der Waals surface area contributed by atoms with Gasteiger partial charge in [-0.1, -0.05) is 93.7 Å². The molecule has 12 fully saturated rings. The van der Waals surface area contributed by atoms with Gasteiger partial charge in [-0.3, -0.25) is 14.4 Å². The fraction of sp³-hybridized carbons (Fsp3) is 0.924. The molecule has 0 amide bonds. The van der Waals surface area contributed by atoms with Gasteiger partial charge in [0.15, 0.2) is 62.3 Å². The van der Waals surface area contributed by atoms with E-state index in [9.17, 15) is 137 Å². The Bertz CT molecular complexity index is 4100. The minimum absolute atomic E-state index is 0.0127. The first-order valence-corrected chi connectivity index (χ1v) is 48.3. The molecule has 0 bridgehead atoms. The SMILES string of the molecule is CC[C@H](C)[C@H](C[C@H](O)CC(=O)O[C@@H]1C(C)O[C@@H](OC(=O)[C@]23CCC(C)(C)CC2C2=CCC4[C@@]5(C)CC[C@H](O[C@@H]6OC(C(=O)O)[C@H](O)[C@H](O[C@@H]7OC[C@@H](O)[C@H](O)C7O)C6O[C@@H]6OC(CO)[C@H](O)[C@H](O)C6O)[C@@](C)(C=O)C5CC[C@@]4(C)[C@]2(C)C[C@H]3O)[C@H](O[C@@H]2OC(C)[C@H](O[C@@H]3OCC(O)[C@H](O[C@@H]4OC[C@](O)(CO)C4O)C3O)C(O)[C@@H]2O)C1O)OC(=O)C[C@@H](O)C[C@H](O[C@@H]1O[C@@H](CO)C(O)C1O)[C@@H](C)CC. The van der Waals surface area contributed by atoms with Crippen molar-refractivity contribution in [3.8, 4) is 0 Å². The lowest BCUT2D eigenvalue weighted by atomic mass is 9.33. The Morgan fingerprint density at radius 2 is 1.06 bits per heavy atom. The highest BCUT2D eigenvalue weighted by Gasteiger charge is 2.74. The highest BCUT2D eigenvalue weighted by atomic mass is 16.8. The molecule has 0 aromatic rings. The topological polar surface area (TPSA) is 717 Å². The van der Waals surface area contributed by atoms with E-state index in [1.807, 2.05) is 20.8 Å². The fourth-order valence-electron chi connectivity index (χ4n) is 24.1. The number of hydrogen-bond acceptors (Lipinski definition) is 45. The number of carboxylic acid groups (broad SMARTS) is 1. The summed E-state index contributed by atoms with van der Waals surface area (Å²) in [5.41, 5.74) is -7.70. The summed E-state index contributed by atoms with van der Waals surface area (Å²) in [6.45, 7) is 17.6. The lowest BCUT2D eigenvalue weighted by Gasteiger charge is -2.71. The molecule has 792 valence electrons. The average Bonchev–Trinajstić information content (AvgIpc) is 0.726. The summed E-state index contributed by atoms with van der Waals surface area (Å²) in [4.78, 5) is 72.1. The van der Waals surface area contributed by atoms with Crippen LogP contribution < -0.4 is 0 Å². The molecule has 5 aliphatic carbocycles. The van der Waals surface area contributed by atoms with Gasteiger partial charge in [-0.2, -0.15) is 0 Å². The van der Waals surface area contributed by atoms with Crippen LogP contribution in [0.5, 0.6) is 0 Å². The van der Waals surface area contributed by atoms with Gasteiger partial charge in [0.05, 0.1) is 101 Å². The molecule has 8 heterocycles. The number of aliphatic hydroxyl groups is 22. The van der Waals surface area contributed by atoms with Crippen molar-refractivity contribution in [3.63, 3.8) is 0 Å². The molecule has 4 saturated carbocycles. The van der Waals surface area contributed by atoms with Gasteiger partial charge in [-0.25, -0.2) is 4.79 Å². The number of allylic oxidation sites excluding steroid dienone is 2. The van der Waals surface area contributed by atoms with Crippen LogP contribution in [0.1, 0.15) is 179 Å². The molecule has 8 saturated heterocycles. The maximum atomic E-state index is 16.4. The molecule has 0 spiro atoms. The molecule has 17 unspecified atom stereocenters. The molecular formula is C92H148O46. The second kappa shape index (κ2) is 44.1. The summed E-state index contributed by atoms with van der Waals surface area (Å²) < 4.78 is 108. The minimum Gasteiger partial charge on any atom is -0.479 e. The zero-order valence-corrected chi connectivity index (χ0v) is 79.7. The van der Waals surface area contributed by atoms with Crippen molar-refractivity contribution in [1.82, 2.24) is 0 Å². The van der Waals surface area contributed by atoms with Crippen molar-refractivity contribution in [2.45, 2.75) is 431 Å². The standard InChI is InChI=1S/C92H148O46/c1-13-36(3)46(126-54(102)25-41(98)24-47(37(4)14-2)127-80-62(110)58(106)49(30-94)128-80)23-40(97)26-55(103)131-69-39(6)125-82(73(65(69)113)136-79-64(112)60(108)68(38(5)124-79)132-78-67(115)70(45(100)32-122-78)133-84-75(116)91(120,34-96)35-123-84)138-85(119)92-22-21-86(7,8)27-43(92)42-15-16-51-87(9)19-18-53(88(10,33-95)50(87)17-20-89(51,11)90(42,12)28-52(92)101)130-83-74(137-81-63(111)59(107)57(105)48(29-93)129-81)71(66(114)72(135-83)76(117)118)134-77-61(109)56(104)44(99)31-121-77/h15,33,36-41,43-53,56-75,77-84,93-94,96-101,104-116,120H,13-14,16-32,34-35H2,1-12H3,(H,117,118)/t36-,37-,38?,39?,40-,41-,43?,44+,45?,46-,47-,48?,49-,50?,51?,52+,53-,56-,57-,58?,59-,60?,61?,62?,63?,64-,65?,66+,67?,68-,69+,70-,71-,72?,73+,74?,75?,77-,78-,79-,80+,81-,82-,83+,84-,87-,88-,89+,90+,91+,92+/m0/s1. The number of rotatable bonds is 35. The number of carboxylic acids is 1. The van der Waals surface area contributed by atoms with Gasteiger partial charge in [0, 0.05) is 12.8 Å². The van der Waals surface area contributed by atoms with Gasteiger partial charge in [-0.15, -0.1) is 0 Å². The van der Waals surface area contributed by atoms with Gasteiger partial charge in [0.2, 0.25) is 6.29 Å². The largest absolute Gasteiger partial charge is 0.479 e. The molecule has 0 aromatic heterocycles. The van der Waals surface area contributed by atoms with Crippen molar-refractivity contribution in [2.24, 2.45) is 62.1 Å². The predicted molar refractivity (Wildman–Crippen MR) is 458 cm³/mol. The first kappa shape index (κ1) is 111. The van der Waals surface area contributed by atoms with Crippen LogP contribution in [0, 0.1) is 62.1 Å². The van der Waals surface area contributed by atoms with E-state index in [1.54, 1.807) is 27.7 Å². The second-order valence-electron chi connectivity index (χ2n) is 42.6. The van der Waals surface area contributed by atoms with E-state index < -0.39 is 378 Å². The first-order chi connectivity index (χ1) is 64.8. The number of ether oxygens (including phenoxy) is 18. The molecular weight excluding hydrogens is 1840 g/mol. The van der Waals surface area contributed by atoms with Crippen LogP contribution in [0.15, 0.2) is 11.6 Å². The smallest absolute Gasteiger partial charge is 0.335 e. The van der Waals surface area contributed by atoms with E-state index in [2.05, 4.69) is 26.8 Å². The maximum Gasteiger partial charge on any atom is 0.335 e. The number of carbonyl (C=O) groups excluding carboxylic acids is 4. The van der Waals surface area contributed by atoms with E-state index in [-0.39, 0.29) is 43.9 Å². The Hall–Kier alpha value is -4.19. The van der Waals surface area contributed by atoms with Crippen LogP contribution >= 0.6 is 0 Å². The first-order valence-electron chi connectivity index (χ1n) is 48.3. The molecule has 46 heteroatoms. The molecule has 8 aliphatic heterocycles. The Balaban J connectivity index is 0.748. The zero-order chi connectivity index (χ0) is 101. The van der Waals surface area contributed by atoms with Crippen molar-refractivity contribution in [2.75, 3.05) is 39.6 Å². The van der Waals surface area contributed by atoms with Gasteiger partial charge in [0.25, 0.3) is 0 Å². The van der Waals surface area contributed by atoms with Crippen LogP contribution in [0.3, 0.4) is 0 Å². The third-order valence-electron chi connectivity index (χ3n) is 33.3. The zero-order valence-electron chi connectivity index (χ0n) is 79.7. The molecule has 0 aromatic carbocycles. The Labute approximate surface area is 797 Å². The van der Waals surface area contributed by atoms with Crippen molar-refractivity contribution in [3.05, 3.63) is 11.6 Å². The lowest BCUT2D eigenvalue weighted by molar-refractivity contribution is -0.391. The van der Waals surface area contributed by atoms with Crippen LogP contribution in [0.2, 0.25) is 0 Å². The normalized spacial score (nSPS) is 48.7. The second-order valence-corrected chi connectivity index (χ2v) is 42.6. The molecule has 46 nitrogen and oxygen atoms in total. The van der Waals surface area contributed by atoms with Crippen molar-refractivity contribution in [1.29, 1.82) is 0 Å². The monoisotopic (exact) mass is 1990 g/mol. The number of esters is 3. The molecule has 13 aliphatic rings. The fourth-order valence-corrected chi connectivity index (χ4v) is 24.1. The molecule has 0 radical (unpaired) electrons. The highest BCUT2D eigenvalue weighted by Crippen LogP contribution is 2.76. The van der Waals surface area contributed by atoms with E-state index in [1.165, 1.54) is 13.8 Å². The highest BCUT2D eigenvalue weighted by molar-refractivity contribution is 5.80. The molecule has 23 N–H and O–H groups in total. The van der Waals surface area contributed by atoms with Crippen LogP contribution in [0.25, 0.3) is 0 Å². The summed E-state index contributed by atoms with van der Waals surface area (Å²) >= 11 is 0. The third kappa shape index (κ3) is 21.4. The summed E-state index contributed by atoms with van der Waals surface area (Å²) in [5.74, 6) is -7.25. The lowest BCUT2D eigenvalue weighted by Crippen LogP contribution is -2.69. The number of carbonyl (C=O) groups is 5. The molecule has 51 atom stereocenters. The van der Waals surface area contributed by atoms with Crippen LogP contribution in [-0.2, 0) is 109 Å². The number of aliphatic hydroxyl groups excluding tert-OH is 21. The molecule has 138 heavy (non-hydrogen) atoms. The number of hydrogen-bond donors (Lipinski definition) is 23. The van der Waals surface area contributed by atoms with Crippen LogP contribution in [-0.4, -0.2) is 439 Å². The summed E-state index contributed by atoms with van der Waals surface area (Å²) in [6, 6.07) is 0.